The molecular formula is C8H7N5O3. The van der Waals surface area contributed by atoms with Crippen molar-refractivity contribution in [3.8, 4) is 11.5 Å². The molecule has 8 nitrogen and oxygen atoms in total. The maximum atomic E-state index is 11.5. The van der Waals surface area contributed by atoms with Gasteiger partial charge in [0.1, 0.15) is 17.1 Å². The predicted octanol–water partition coefficient (Wildman–Crippen LogP) is -0.632. The van der Waals surface area contributed by atoms with Crippen LogP contribution < -0.4 is 10.9 Å². The smallest absolute Gasteiger partial charge is 0.368 e. The van der Waals surface area contributed by atoms with E-state index in [1.807, 2.05) is 0 Å². The van der Waals surface area contributed by atoms with Gasteiger partial charge in [0.15, 0.2) is 0 Å². The number of hydrogen-bond donors (Lipinski definition) is 2. The van der Waals surface area contributed by atoms with Crippen molar-refractivity contribution >= 4 is 5.84 Å². The van der Waals surface area contributed by atoms with Gasteiger partial charge in [-0.1, -0.05) is 5.16 Å². The monoisotopic (exact) mass is 221 g/mol. The summed E-state index contributed by atoms with van der Waals surface area (Å²) in [5.74, 6) is 0.757. The highest BCUT2D eigenvalue weighted by atomic mass is 16.5. The summed E-state index contributed by atoms with van der Waals surface area (Å²) in [7, 11) is 0. The maximum absolute atomic E-state index is 11.5. The molecule has 3 rings (SSSR count). The molecule has 0 aliphatic carbocycles. The molecule has 3 heterocycles. The van der Waals surface area contributed by atoms with Crippen LogP contribution in [0.5, 0.6) is 0 Å². The van der Waals surface area contributed by atoms with Crippen LogP contribution in [0.1, 0.15) is 5.56 Å². The van der Waals surface area contributed by atoms with E-state index in [4.69, 9.17) is 4.52 Å². The number of hydrogen-bond acceptors (Lipinski definition) is 7. The van der Waals surface area contributed by atoms with E-state index in [1.54, 1.807) is 0 Å². The standard InChI is InChI=1S/C8H7N5O3/c14-8-4(6-9-1-2-10-6)5(12-16-8)7-11-3-15-13-7/h3,12H,1-2H2,(H,9,10). The highest BCUT2D eigenvalue weighted by Gasteiger charge is 2.23. The van der Waals surface area contributed by atoms with Crippen LogP contribution in [0, 0.1) is 0 Å². The molecule has 82 valence electrons. The van der Waals surface area contributed by atoms with Gasteiger partial charge in [-0.3, -0.25) is 4.99 Å². The Labute approximate surface area is 88.3 Å². The van der Waals surface area contributed by atoms with Gasteiger partial charge in [-0.2, -0.15) is 4.98 Å². The van der Waals surface area contributed by atoms with Crippen molar-refractivity contribution in [3.63, 3.8) is 0 Å². The van der Waals surface area contributed by atoms with Crippen molar-refractivity contribution in [1.29, 1.82) is 0 Å². The van der Waals surface area contributed by atoms with Crippen LogP contribution in [0.25, 0.3) is 11.5 Å². The fraction of sp³-hybridized carbons (Fsp3) is 0.250. The van der Waals surface area contributed by atoms with E-state index in [2.05, 4.69) is 30.1 Å². The summed E-state index contributed by atoms with van der Waals surface area (Å²) in [6, 6.07) is 0. The number of aliphatic imine (C=N–C) groups is 1. The quantitative estimate of drug-likeness (QED) is 0.698. The van der Waals surface area contributed by atoms with E-state index < -0.39 is 5.63 Å². The summed E-state index contributed by atoms with van der Waals surface area (Å²) in [5.41, 5.74) is 0.166. The normalized spacial score (nSPS) is 14.9. The highest BCUT2D eigenvalue weighted by molar-refractivity contribution is 6.03. The Morgan fingerprint density at radius 2 is 2.38 bits per heavy atom. The molecule has 1 aliphatic rings. The minimum Gasteiger partial charge on any atom is -0.368 e. The Morgan fingerprint density at radius 3 is 3.06 bits per heavy atom. The molecule has 0 unspecified atom stereocenters. The maximum Gasteiger partial charge on any atom is 0.368 e. The zero-order valence-electron chi connectivity index (χ0n) is 8.06. The fourth-order valence-electron chi connectivity index (χ4n) is 1.52. The molecule has 0 spiro atoms. The van der Waals surface area contributed by atoms with Crippen LogP contribution in [0.2, 0.25) is 0 Å². The number of amidine groups is 1. The molecule has 0 saturated heterocycles. The highest BCUT2D eigenvalue weighted by Crippen LogP contribution is 2.15. The van der Waals surface area contributed by atoms with Gasteiger partial charge in [0.2, 0.25) is 12.2 Å². The summed E-state index contributed by atoms with van der Waals surface area (Å²) in [4.78, 5) is 19.5. The summed E-state index contributed by atoms with van der Waals surface area (Å²) < 4.78 is 9.32. The number of H-pyrrole nitrogens is 1. The number of nitrogens with zero attached hydrogens (tertiary/aromatic N) is 3. The van der Waals surface area contributed by atoms with E-state index in [0.717, 1.165) is 0 Å². The first-order chi connectivity index (χ1) is 7.86. The van der Waals surface area contributed by atoms with Crippen LogP contribution in [-0.4, -0.2) is 34.2 Å². The Bertz CT molecular complexity index is 579. The zero-order chi connectivity index (χ0) is 11.0. The van der Waals surface area contributed by atoms with E-state index in [0.29, 0.717) is 30.2 Å². The van der Waals surface area contributed by atoms with Crippen molar-refractivity contribution in [3.05, 3.63) is 22.4 Å². The van der Waals surface area contributed by atoms with Crippen molar-refractivity contribution in [2.75, 3.05) is 13.1 Å². The second-order valence-corrected chi connectivity index (χ2v) is 3.15. The molecule has 0 fully saturated rings. The first kappa shape index (κ1) is 8.89. The Kier molecular flexibility index (Phi) is 1.85. The summed E-state index contributed by atoms with van der Waals surface area (Å²) in [6.07, 6.45) is 1.17. The number of aromatic nitrogens is 3. The van der Waals surface area contributed by atoms with Gasteiger partial charge in [-0.25, -0.2) is 9.95 Å². The summed E-state index contributed by atoms with van der Waals surface area (Å²) >= 11 is 0. The number of nitrogens with one attached hydrogen (secondary N) is 2. The minimum atomic E-state index is -0.507. The van der Waals surface area contributed by atoms with Crippen molar-refractivity contribution in [2.45, 2.75) is 0 Å². The zero-order valence-corrected chi connectivity index (χ0v) is 8.06. The lowest BCUT2D eigenvalue weighted by atomic mass is 10.2. The number of rotatable bonds is 2. The number of aromatic amines is 1. The van der Waals surface area contributed by atoms with Gasteiger partial charge in [0, 0.05) is 6.54 Å². The predicted molar refractivity (Wildman–Crippen MR) is 52.0 cm³/mol. The molecule has 0 aromatic carbocycles. The van der Waals surface area contributed by atoms with Gasteiger partial charge < -0.3 is 14.4 Å². The molecule has 2 aromatic heterocycles. The molecule has 1 aliphatic heterocycles. The van der Waals surface area contributed by atoms with Gasteiger partial charge in [-0.15, -0.1) is 0 Å². The van der Waals surface area contributed by atoms with Crippen molar-refractivity contribution < 1.29 is 9.05 Å². The third-order valence-corrected chi connectivity index (χ3v) is 2.20. The van der Waals surface area contributed by atoms with Gasteiger partial charge in [0.25, 0.3) is 0 Å². The van der Waals surface area contributed by atoms with Gasteiger partial charge >= 0.3 is 5.63 Å². The van der Waals surface area contributed by atoms with E-state index >= 15 is 0 Å². The molecule has 0 bridgehead atoms. The van der Waals surface area contributed by atoms with Crippen LogP contribution in [0.15, 0.2) is 25.2 Å². The molecule has 2 N–H and O–H groups in total. The van der Waals surface area contributed by atoms with E-state index in [9.17, 15) is 4.79 Å². The summed E-state index contributed by atoms with van der Waals surface area (Å²) in [5, 5.41) is 9.08. The topological polar surface area (TPSA) is 109 Å². The third-order valence-electron chi connectivity index (χ3n) is 2.20. The lowest BCUT2D eigenvalue weighted by Gasteiger charge is -1.97. The average molecular weight is 221 g/mol. The minimum absolute atomic E-state index is 0.261. The molecule has 8 heteroatoms. The lowest BCUT2D eigenvalue weighted by molar-refractivity contribution is 0.391. The summed E-state index contributed by atoms with van der Waals surface area (Å²) in [6.45, 7) is 1.33. The van der Waals surface area contributed by atoms with Crippen LogP contribution in [-0.2, 0) is 0 Å². The van der Waals surface area contributed by atoms with Crippen molar-refractivity contribution in [1.82, 2.24) is 20.6 Å². The Morgan fingerprint density at radius 1 is 1.44 bits per heavy atom. The lowest BCUT2D eigenvalue weighted by Crippen LogP contribution is -2.24. The first-order valence-electron chi connectivity index (χ1n) is 4.63. The van der Waals surface area contributed by atoms with E-state index in [1.165, 1.54) is 6.39 Å². The van der Waals surface area contributed by atoms with Crippen molar-refractivity contribution in [2.24, 2.45) is 4.99 Å². The largest absolute Gasteiger partial charge is 0.368 e. The molecule has 0 radical (unpaired) electrons. The van der Waals surface area contributed by atoms with E-state index in [-0.39, 0.29) is 5.82 Å². The first-order valence-corrected chi connectivity index (χ1v) is 4.63. The second-order valence-electron chi connectivity index (χ2n) is 3.15. The fourth-order valence-corrected chi connectivity index (χ4v) is 1.52. The molecule has 0 saturated carbocycles. The molecule has 0 amide bonds. The van der Waals surface area contributed by atoms with Crippen LogP contribution >= 0.6 is 0 Å². The Balaban J connectivity index is 2.17. The second kappa shape index (κ2) is 3.33. The van der Waals surface area contributed by atoms with Gasteiger partial charge in [-0.05, 0) is 0 Å². The SMILES string of the molecule is O=c1o[nH]c(-c2ncon2)c1C1=NCCN1. The Hall–Kier alpha value is -2.38. The molecule has 2 aromatic rings. The third kappa shape index (κ3) is 1.23. The van der Waals surface area contributed by atoms with Crippen LogP contribution in [0.4, 0.5) is 0 Å². The van der Waals surface area contributed by atoms with Crippen LogP contribution in [0.3, 0.4) is 0 Å². The van der Waals surface area contributed by atoms with Gasteiger partial charge in [0.05, 0.1) is 6.54 Å². The molecule has 16 heavy (non-hydrogen) atoms. The average Bonchev–Trinajstić information content (AvgIpc) is 2.96. The molecule has 0 atom stereocenters. The molecular weight excluding hydrogens is 214 g/mol.